The maximum absolute atomic E-state index is 12.5. The monoisotopic (exact) mass is 505 g/mol. The van der Waals surface area contributed by atoms with E-state index < -0.39 is 5.91 Å². The average molecular weight is 506 g/mol. The van der Waals surface area contributed by atoms with Crippen LogP contribution in [0.1, 0.15) is 23.3 Å². The normalized spacial score (nSPS) is 25.6. The Bertz CT molecular complexity index is 1160. The van der Waals surface area contributed by atoms with Crippen molar-refractivity contribution < 1.29 is 9.59 Å². The fourth-order valence-electron chi connectivity index (χ4n) is 6.18. The average Bonchev–Trinajstić information content (AvgIpc) is 3.60. The highest BCUT2D eigenvalue weighted by atomic mass is 16.2. The fourth-order valence-corrected chi connectivity index (χ4v) is 6.18. The molecular formula is C26H35N9O2. The van der Waals surface area contributed by atoms with E-state index in [1.807, 2.05) is 24.1 Å². The number of urea groups is 1. The summed E-state index contributed by atoms with van der Waals surface area (Å²) in [6, 6.07) is 8.45. The Balaban J connectivity index is 1.18. The standard InChI is InChI=1S/C26H35N9O2/c1-32-9-10-35(26(32)37)21-3-2-8-33(16-21)22-13-29-23(24(27)36)25(31-22)30-19-4-6-20(7-5-19)34-14-17-11-28-12-18(17)15-34/h4-7,13,17-18,21,28H,2-3,8-12,14-16H2,1H3,(H2,27,36)(H,30,31)/t17?,18?,21-/m1/s1. The number of primary amides is 1. The number of benzene rings is 1. The number of nitrogens with zero attached hydrogens (tertiary/aromatic N) is 6. The molecule has 11 heteroatoms. The van der Waals surface area contributed by atoms with Crippen LogP contribution >= 0.6 is 0 Å². The number of hydrogen-bond donors (Lipinski definition) is 3. The molecule has 37 heavy (non-hydrogen) atoms. The van der Waals surface area contributed by atoms with E-state index in [9.17, 15) is 9.59 Å². The number of nitrogens with one attached hydrogen (secondary N) is 2. The number of carbonyl (C=O) groups is 2. The maximum Gasteiger partial charge on any atom is 0.320 e. The highest BCUT2D eigenvalue weighted by Gasteiger charge is 2.36. The van der Waals surface area contributed by atoms with Gasteiger partial charge in [0.2, 0.25) is 0 Å². The molecule has 4 aliphatic rings. The van der Waals surface area contributed by atoms with Crippen LogP contribution in [0.2, 0.25) is 0 Å². The summed E-state index contributed by atoms with van der Waals surface area (Å²) in [5.74, 6) is 1.85. The first-order valence-corrected chi connectivity index (χ1v) is 13.2. The first-order chi connectivity index (χ1) is 18.0. The van der Waals surface area contributed by atoms with E-state index in [4.69, 9.17) is 10.7 Å². The van der Waals surface area contributed by atoms with Gasteiger partial charge in [-0.05, 0) is 48.9 Å². The summed E-state index contributed by atoms with van der Waals surface area (Å²) >= 11 is 0. The zero-order chi connectivity index (χ0) is 25.5. The molecule has 1 aromatic carbocycles. The molecule has 4 N–H and O–H groups in total. The quantitative estimate of drug-likeness (QED) is 0.537. The topological polar surface area (TPSA) is 123 Å². The van der Waals surface area contributed by atoms with Gasteiger partial charge >= 0.3 is 6.03 Å². The first kappa shape index (κ1) is 23.8. The third-order valence-electron chi connectivity index (χ3n) is 8.29. The molecule has 4 fully saturated rings. The molecule has 2 unspecified atom stereocenters. The highest BCUT2D eigenvalue weighted by Crippen LogP contribution is 2.32. The molecular weight excluding hydrogens is 470 g/mol. The van der Waals surface area contributed by atoms with E-state index in [1.54, 1.807) is 11.1 Å². The van der Waals surface area contributed by atoms with E-state index in [0.717, 1.165) is 76.2 Å². The number of amides is 3. The lowest BCUT2D eigenvalue weighted by atomic mass is 10.0. The summed E-state index contributed by atoms with van der Waals surface area (Å²) in [5.41, 5.74) is 7.76. The van der Waals surface area contributed by atoms with Crippen molar-refractivity contribution >= 4 is 34.9 Å². The highest BCUT2D eigenvalue weighted by molar-refractivity contribution is 5.96. The van der Waals surface area contributed by atoms with E-state index >= 15 is 0 Å². The molecule has 0 aliphatic carbocycles. The van der Waals surface area contributed by atoms with Crippen LogP contribution in [0.4, 0.5) is 27.8 Å². The number of hydrogen-bond acceptors (Lipinski definition) is 8. The van der Waals surface area contributed by atoms with Crippen molar-refractivity contribution in [3.8, 4) is 0 Å². The van der Waals surface area contributed by atoms with Crippen LogP contribution in [0.15, 0.2) is 30.5 Å². The molecule has 196 valence electrons. The Morgan fingerprint density at radius 3 is 2.49 bits per heavy atom. The summed E-state index contributed by atoms with van der Waals surface area (Å²) < 4.78 is 0. The molecule has 0 bridgehead atoms. The van der Waals surface area contributed by atoms with Gasteiger partial charge in [-0.2, -0.15) is 0 Å². The lowest BCUT2D eigenvalue weighted by Gasteiger charge is -2.37. The van der Waals surface area contributed by atoms with Crippen LogP contribution in [0.25, 0.3) is 0 Å². The lowest BCUT2D eigenvalue weighted by Crippen LogP contribution is -2.49. The number of rotatable bonds is 6. The van der Waals surface area contributed by atoms with Gasteiger partial charge in [-0.3, -0.25) is 4.79 Å². The summed E-state index contributed by atoms with van der Waals surface area (Å²) in [5, 5.41) is 6.75. The molecule has 2 aromatic rings. The second kappa shape index (κ2) is 9.70. The summed E-state index contributed by atoms with van der Waals surface area (Å²) in [4.78, 5) is 42.1. The number of likely N-dealkylation sites (N-methyl/N-ethyl adjacent to an activating group) is 1. The molecule has 0 saturated carbocycles. The van der Waals surface area contributed by atoms with Crippen LogP contribution in [0, 0.1) is 11.8 Å². The van der Waals surface area contributed by atoms with Gasteiger partial charge in [-0.1, -0.05) is 0 Å². The second-order valence-electron chi connectivity index (χ2n) is 10.7. The van der Waals surface area contributed by atoms with Crippen LogP contribution in [-0.4, -0.2) is 97.2 Å². The van der Waals surface area contributed by atoms with Crippen molar-refractivity contribution in [3.05, 3.63) is 36.2 Å². The SMILES string of the molecule is CN1CCN([C@@H]2CCCN(c3cnc(C(N)=O)c(Nc4ccc(N5CC6CNCC6C5)cc4)n3)C2)C1=O. The molecule has 5 heterocycles. The molecule has 3 atom stereocenters. The number of piperidine rings is 1. The van der Waals surface area contributed by atoms with Gasteiger partial charge in [0, 0.05) is 70.8 Å². The van der Waals surface area contributed by atoms with Gasteiger partial charge in [0.1, 0.15) is 5.82 Å². The van der Waals surface area contributed by atoms with E-state index in [-0.39, 0.29) is 17.8 Å². The third kappa shape index (κ3) is 4.63. The predicted molar refractivity (Wildman–Crippen MR) is 142 cm³/mol. The Kier molecular flexibility index (Phi) is 6.23. The number of anilines is 4. The van der Waals surface area contributed by atoms with Crippen molar-refractivity contribution in [1.29, 1.82) is 0 Å². The molecule has 6 rings (SSSR count). The van der Waals surface area contributed by atoms with E-state index in [2.05, 4.69) is 37.6 Å². The lowest BCUT2D eigenvalue weighted by molar-refractivity contribution is 0.0996. The molecule has 1 aromatic heterocycles. The minimum absolute atomic E-state index is 0.0848. The Labute approximate surface area is 217 Å². The number of aromatic nitrogens is 2. The summed E-state index contributed by atoms with van der Waals surface area (Å²) in [7, 11) is 1.84. The minimum Gasteiger partial charge on any atom is -0.371 e. The minimum atomic E-state index is -0.627. The molecule has 4 aliphatic heterocycles. The van der Waals surface area contributed by atoms with Crippen LogP contribution in [-0.2, 0) is 0 Å². The smallest absolute Gasteiger partial charge is 0.320 e. The van der Waals surface area contributed by atoms with Crippen molar-refractivity contribution in [1.82, 2.24) is 25.1 Å². The zero-order valence-electron chi connectivity index (χ0n) is 21.3. The second-order valence-corrected chi connectivity index (χ2v) is 10.7. The molecule has 0 radical (unpaired) electrons. The van der Waals surface area contributed by atoms with Crippen LogP contribution in [0.5, 0.6) is 0 Å². The molecule has 0 spiro atoms. The van der Waals surface area contributed by atoms with Crippen molar-refractivity contribution in [2.24, 2.45) is 17.6 Å². The number of nitrogens with two attached hydrogens (primary N) is 1. The van der Waals surface area contributed by atoms with E-state index in [0.29, 0.717) is 18.2 Å². The Hall–Kier alpha value is -3.60. The predicted octanol–water partition coefficient (Wildman–Crippen LogP) is 1.31. The molecule has 11 nitrogen and oxygen atoms in total. The van der Waals surface area contributed by atoms with Crippen LogP contribution in [0.3, 0.4) is 0 Å². The van der Waals surface area contributed by atoms with Crippen molar-refractivity contribution in [2.75, 3.05) is 74.5 Å². The molecule has 4 saturated heterocycles. The van der Waals surface area contributed by atoms with Gasteiger partial charge < -0.3 is 36.0 Å². The fraction of sp³-hybridized carbons (Fsp3) is 0.538. The van der Waals surface area contributed by atoms with Gasteiger partial charge in [0.15, 0.2) is 11.5 Å². The largest absolute Gasteiger partial charge is 0.371 e. The molecule has 3 amide bonds. The van der Waals surface area contributed by atoms with Gasteiger partial charge in [0.25, 0.3) is 5.91 Å². The van der Waals surface area contributed by atoms with Crippen molar-refractivity contribution in [3.63, 3.8) is 0 Å². The van der Waals surface area contributed by atoms with Gasteiger partial charge in [0.05, 0.1) is 12.2 Å². The first-order valence-electron chi connectivity index (χ1n) is 13.2. The van der Waals surface area contributed by atoms with E-state index in [1.165, 1.54) is 5.69 Å². The number of carbonyl (C=O) groups excluding carboxylic acids is 2. The third-order valence-corrected chi connectivity index (χ3v) is 8.29. The zero-order valence-corrected chi connectivity index (χ0v) is 21.3. The van der Waals surface area contributed by atoms with Crippen LogP contribution < -0.4 is 26.2 Å². The maximum atomic E-state index is 12.5. The Morgan fingerprint density at radius 1 is 1.05 bits per heavy atom. The summed E-state index contributed by atoms with van der Waals surface area (Å²) in [6.45, 7) is 7.39. The number of fused-ring (bicyclic) bond motifs is 1. The van der Waals surface area contributed by atoms with Gasteiger partial charge in [-0.25, -0.2) is 14.8 Å². The van der Waals surface area contributed by atoms with Crippen molar-refractivity contribution in [2.45, 2.75) is 18.9 Å². The Morgan fingerprint density at radius 2 is 1.81 bits per heavy atom. The van der Waals surface area contributed by atoms with Gasteiger partial charge in [-0.15, -0.1) is 0 Å². The summed E-state index contributed by atoms with van der Waals surface area (Å²) in [6.07, 6.45) is 3.53.